The molecule has 0 aromatic carbocycles. The molecule has 0 radical (unpaired) electrons. The van der Waals surface area contributed by atoms with Crippen LogP contribution in [0.4, 0.5) is 0 Å². The third-order valence-electron chi connectivity index (χ3n) is 3.40. The number of carbonyl (C=O) groups is 2. The summed E-state index contributed by atoms with van der Waals surface area (Å²) in [5, 5.41) is 11.0. The maximum atomic E-state index is 12.0. The molecular weight excluding hydrogens is 220 g/mol. The fraction of sp³-hybridized carbons (Fsp3) is 0.833. The van der Waals surface area contributed by atoms with Gasteiger partial charge in [-0.2, -0.15) is 0 Å². The summed E-state index contributed by atoms with van der Waals surface area (Å²) in [6.07, 6.45) is 2.29. The quantitative estimate of drug-likeness (QED) is 0.761. The van der Waals surface area contributed by atoms with Gasteiger partial charge in [0.1, 0.15) is 6.54 Å². The maximum Gasteiger partial charge on any atom is 0.322 e. The van der Waals surface area contributed by atoms with Crippen LogP contribution in [0.3, 0.4) is 0 Å². The Labute approximate surface area is 102 Å². The van der Waals surface area contributed by atoms with Crippen molar-refractivity contribution < 1.29 is 14.7 Å². The van der Waals surface area contributed by atoms with Gasteiger partial charge in [-0.05, 0) is 39.2 Å². The molecule has 0 aliphatic carbocycles. The SMILES string of the molecule is CC1CCCN(C(C)(C)C(=O)NCC(=O)O)C1. The van der Waals surface area contributed by atoms with E-state index in [1.54, 1.807) is 0 Å². The summed E-state index contributed by atoms with van der Waals surface area (Å²) in [7, 11) is 0. The van der Waals surface area contributed by atoms with E-state index in [4.69, 9.17) is 5.11 Å². The Morgan fingerprint density at radius 2 is 2.12 bits per heavy atom. The molecule has 0 aromatic rings. The van der Waals surface area contributed by atoms with Crippen molar-refractivity contribution in [3.63, 3.8) is 0 Å². The second-order valence-electron chi connectivity index (χ2n) is 5.33. The Bertz CT molecular complexity index is 302. The normalized spacial score (nSPS) is 22.2. The third-order valence-corrected chi connectivity index (χ3v) is 3.40. The fourth-order valence-electron chi connectivity index (χ4n) is 2.21. The number of aliphatic carboxylic acids is 1. The molecule has 0 saturated carbocycles. The molecule has 17 heavy (non-hydrogen) atoms. The highest BCUT2D eigenvalue weighted by atomic mass is 16.4. The monoisotopic (exact) mass is 242 g/mol. The molecule has 1 unspecified atom stereocenters. The molecule has 1 heterocycles. The van der Waals surface area contributed by atoms with Crippen LogP contribution in [-0.2, 0) is 9.59 Å². The number of hydrogen-bond acceptors (Lipinski definition) is 3. The number of amides is 1. The predicted molar refractivity (Wildman–Crippen MR) is 64.7 cm³/mol. The molecule has 5 nitrogen and oxygen atoms in total. The first-order chi connectivity index (χ1) is 7.84. The van der Waals surface area contributed by atoms with Crippen LogP contribution in [0.25, 0.3) is 0 Å². The van der Waals surface area contributed by atoms with Crippen molar-refractivity contribution in [2.75, 3.05) is 19.6 Å². The van der Waals surface area contributed by atoms with E-state index >= 15 is 0 Å². The van der Waals surface area contributed by atoms with E-state index in [0.29, 0.717) is 5.92 Å². The minimum Gasteiger partial charge on any atom is -0.480 e. The van der Waals surface area contributed by atoms with E-state index in [0.717, 1.165) is 19.5 Å². The van der Waals surface area contributed by atoms with Crippen LogP contribution >= 0.6 is 0 Å². The summed E-state index contributed by atoms with van der Waals surface area (Å²) < 4.78 is 0. The lowest BCUT2D eigenvalue weighted by molar-refractivity contribution is -0.140. The Morgan fingerprint density at radius 1 is 1.47 bits per heavy atom. The summed E-state index contributed by atoms with van der Waals surface area (Å²) in [5.74, 6) is -0.634. The zero-order valence-electron chi connectivity index (χ0n) is 10.8. The topological polar surface area (TPSA) is 69.6 Å². The molecule has 98 valence electrons. The summed E-state index contributed by atoms with van der Waals surface area (Å²) >= 11 is 0. The van der Waals surface area contributed by atoms with E-state index in [-0.39, 0.29) is 12.5 Å². The van der Waals surface area contributed by atoms with Crippen LogP contribution in [0.2, 0.25) is 0 Å². The number of carbonyl (C=O) groups excluding carboxylic acids is 1. The highest BCUT2D eigenvalue weighted by molar-refractivity contribution is 5.88. The van der Waals surface area contributed by atoms with Crippen LogP contribution in [0.1, 0.15) is 33.6 Å². The molecule has 0 bridgehead atoms. The van der Waals surface area contributed by atoms with Gasteiger partial charge in [0.05, 0.1) is 5.54 Å². The van der Waals surface area contributed by atoms with Crippen molar-refractivity contribution in [2.45, 2.75) is 39.2 Å². The van der Waals surface area contributed by atoms with Gasteiger partial charge < -0.3 is 10.4 Å². The minimum atomic E-state index is -1.01. The van der Waals surface area contributed by atoms with Crippen molar-refractivity contribution in [1.82, 2.24) is 10.2 Å². The molecule has 1 saturated heterocycles. The van der Waals surface area contributed by atoms with E-state index in [1.165, 1.54) is 6.42 Å². The van der Waals surface area contributed by atoms with Crippen molar-refractivity contribution in [3.8, 4) is 0 Å². The molecule has 1 aliphatic heterocycles. The second kappa shape index (κ2) is 5.49. The minimum absolute atomic E-state index is 0.214. The van der Waals surface area contributed by atoms with Crippen LogP contribution in [0.15, 0.2) is 0 Å². The van der Waals surface area contributed by atoms with Crippen LogP contribution < -0.4 is 5.32 Å². The van der Waals surface area contributed by atoms with Crippen molar-refractivity contribution >= 4 is 11.9 Å². The van der Waals surface area contributed by atoms with Crippen molar-refractivity contribution in [3.05, 3.63) is 0 Å². The van der Waals surface area contributed by atoms with Gasteiger partial charge in [-0.25, -0.2) is 0 Å². The van der Waals surface area contributed by atoms with Gasteiger partial charge in [-0.1, -0.05) is 6.92 Å². The number of carboxylic acid groups (broad SMARTS) is 1. The average molecular weight is 242 g/mol. The van der Waals surface area contributed by atoms with E-state index in [9.17, 15) is 9.59 Å². The zero-order valence-corrected chi connectivity index (χ0v) is 10.8. The van der Waals surface area contributed by atoms with E-state index < -0.39 is 11.5 Å². The lowest BCUT2D eigenvalue weighted by Crippen LogP contribution is -2.57. The highest BCUT2D eigenvalue weighted by Crippen LogP contribution is 2.23. The lowest BCUT2D eigenvalue weighted by atomic mass is 9.93. The maximum absolute atomic E-state index is 12.0. The molecule has 2 N–H and O–H groups in total. The van der Waals surface area contributed by atoms with Gasteiger partial charge in [-0.15, -0.1) is 0 Å². The van der Waals surface area contributed by atoms with Crippen molar-refractivity contribution in [1.29, 1.82) is 0 Å². The Morgan fingerprint density at radius 3 is 2.65 bits per heavy atom. The number of hydrogen-bond donors (Lipinski definition) is 2. The Balaban J connectivity index is 2.58. The zero-order chi connectivity index (χ0) is 13.1. The van der Waals surface area contributed by atoms with Crippen molar-refractivity contribution in [2.24, 2.45) is 5.92 Å². The van der Waals surface area contributed by atoms with Gasteiger partial charge >= 0.3 is 5.97 Å². The molecule has 1 amide bonds. The number of nitrogens with zero attached hydrogens (tertiary/aromatic N) is 1. The molecular formula is C12H22N2O3. The third kappa shape index (κ3) is 3.70. The Hall–Kier alpha value is -1.10. The number of nitrogens with one attached hydrogen (secondary N) is 1. The van der Waals surface area contributed by atoms with Crippen LogP contribution in [0, 0.1) is 5.92 Å². The summed E-state index contributed by atoms with van der Waals surface area (Å²) in [4.78, 5) is 24.5. The number of carboxylic acids is 1. The Kier molecular flexibility index (Phi) is 4.51. The first-order valence-corrected chi connectivity index (χ1v) is 6.09. The van der Waals surface area contributed by atoms with Gasteiger partial charge in [-0.3, -0.25) is 14.5 Å². The van der Waals surface area contributed by atoms with Gasteiger partial charge in [0.15, 0.2) is 0 Å². The number of rotatable bonds is 4. The predicted octanol–water partition coefficient (Wildman–Crippen LogP) is 0.698. The number of likely N-dealkylation sites (tertiary alicyclic amines) is 1. The molecule has 0 aromatic heterocycles. The summed E-state index contributed by atoms with van der Waals surface area (Å²) in [6, 6.07) is 0. The van der Waals surface area contributed by atoms with E-state index in [1.807, 2.05) is 13.8 Å². The van der Waals surface area contributed by atoms with E-state index in [2.05, 4.69) is 17.1 Å². The van der Waals surface area contributed by atoms with Crippen LogP contribution in [-0.4, -0.2) is 47.1 Å². The van der Waals surface area contributed by atoms with Crippen LogP contribution in [0.5, 0.6) is 0 Å². The standard InChI is InChI=1S/C12H22N2O3/c1-9-5-4-6-14(8-9)12(2,3)11(17)13-7-10(15)16/h9H,4-8H2,1-3H3,(H,13,17)(H,15,16). The fourth-order valence-corrected chi connectivity index (χ4v) is 2.21. The lowest BCUT2D eigenvalue weighted by Gasteiger charge is -2.41. The average Bonchev–Trinajstić information content (AvgIpc) is 2.25. The first kappa shape index (κ1) is 14.0. The van der Waals surface area contributed by atoms with Gasteiger partial charge in [0.25, 0.3) is 0 Å². The molecule has 0 spiro atoms. The van der Waals surface area contributed by atoms with Gasteiger partial charge in [0.2, 0.25) is 5.91 Å². The molecule has 1 rings (SSSR count). The molecule has 5 heteroatoms. The molecule has 1 atom stereocenters. The highest BCUT2D eigenvalue weighted by Gasteiger charge is 2.36. The first-order valence-electron chi connectivity index (χ1n) is 6.09. The van der Waals surface area contributed by atoms with Gasteiger partial charge in [0, 0.05) is 6.54 Å². The largest absolute Gasteiger partial charge is 0.480 e. The number of piperidine rings is 1. The summed E-state index contributed by atoms with van der Waals surface area (Å²) in [5.41, 5.74) is -0.635. The molecule has 1 aliphatic rings. The summed E-state index contributed by atoms with van der Waals surface area (Å²) in [6.45, 7) is 7.36. The molecule has 1 fully saturated rings. The second-order valence-corrected chi connectivity index (χ2v) is 5.33. The smallest absolute Gasteiger partial charge is 0.322 e.